The molecule has 4 atom stereocenters. The molecule has 37 heavy (non-hydrogen) atoms. The number of benzene rings is 3. The topological polar surface area (TPSA) is 80.3 Å². The molecule has 2 N–H and O–H groups in total. The molecule has 3 aromatic rings. The van der Waals surface area contributed by atoms with Gasteiger partial charge in [0.1, 0.15) is 0 Å². The molecule has 3 aromatic carbocycles. The van der Waals surface area contributed by atoms with E-state index in [4.69, 9.17) is 14.2 Å². The summed E-state index contributed by atoms with van der Waals surface area (Å²) in [6.45, 7) is 6.20. The van der Waals surface area contributed by atoms with E-state index in [9.17, 15) is 9.90 Å². The summed E-state index contributed by atoms with van der Waals surface area (Å²) in [5.74, 6) is -0.0519. The van der Waals surface area contributed by atoms with Gasteiger partial charge in [-0.1, -0.05) is 61.5 Å². The van der Waals surface area contributed by atoms with Gasteiger partial charge >= 0.3 is 0 Å². The van der Waals surface area contributed by atoms with Crippen LogP contribution in [0.5, 0.6) is 0 Å². The van der Waals surface area contributed by atoms with Gasteiger partial charge in [0.25, 0.3) is 5.91 Å². The largest absolute Gasteiger partial charge is 0.392 e. The first-order chi connectivity index (χ1) is 18.1. The Morgan fingerprint density at radius 1 is 0.946 bits per heavy atom. The molecule has 7 heteroatoms. The number of carbonyl (C=O) groups excluding carboxylic acids is 1. The van der Waals surface area contributed by atoms with Gasteiger partial charge in [-0.15, -0.1) is 0 Å². The van der Waals surface area contributed by atoms with Crippen LogP contribution in [-0.2, 0) is 20.8 Å². The second-order valence-electron chi connectivity index (χ2n) is 9.68. The molecule has 4 unspecified atom stereocenters. The van der Waals surface area contributed by atoms with Crippen molar-refractivity contribution in [2.24, 2.45) is 5.92 Å². The van der Waals surface area contributed by atoms with E-state index >= 15 is 0 Å². The summed E-state index contributed by atoms with van der Waals surface area (Å²) in [5, 5.41) is 12.5. The highest BCUT2D eigenvalue weighted by atomic mass is 16.7. The molecular weight excluding hydrogens is 468 g/mol. The van der Waals surface area contributed by atoms with Crippen molar-refractivity contribution in [2.45, 2.75) is 32.0 Å². The fourth-order valence-electron chi connectivity index (χ4n) is 4.92. The molecule has 2 fully saturated rings. The van der Waals surface area contributed by atoms with E-state index in [2.05, 4.69) is 17.1 Å². The Kier molecular flexibility index (Phi) is 8.28. The molecule has 0 spiro atoms. The first-order valence-electron chi connectivity index (χ1n) is 12.9. The lowest BCUT2D eigenvalue weighted by Gasteiger charge is -2.43. The third kappa shape index (κ3) is 6.26. The second-order valence-corrected chi connectivity index (χ2v) is 9.68. The van der Waals surface area contributed by atoms with Gasteiger partial charge in [0, 0.05) is 42.4 Å². The highest BCUT2D eigenvalue weighted by Crippen LogP contribution is 2.42. The monoisotopic (exact) mass is 502 g/mol. The Balaban J connectivity index is 1.38. The lowest BCUT2D eigenvalue weighted by molar-refractivity contribution is -0.277. The SMILES string of the molecule is CC1C(CN2CCOCC2)OC(c2cccc(NC(=O)c3ccccc3)c2)OC1c1ccc(CO)cc1. The number of hydrogen-bond donors (Lipinski definition) is 2. The van der Waals surface area contributed by atoms with Crippen molar-refractivity contribution in [1.82, 2.24) is 4.90 Å². The lowest BCUT2D eigenvalue weighted by Crippen LogP contribution is -2.47. The van der Waals surface area contributed by atoms with E-state index < -0.39 is 6.29 Å². The maximum absolute atomic E-state index is 12.7. The molecule has 5 rings (SSSR count). The molecule has 0 bridgehead atoms. The number of rotatable bonds is 7. The Hall–Kier alpha value is -3.07. The van der Waals surface area contributed by atoms with Gasteiger partial charge in [0.05, 0.1) is 32.0 Å². The van der Waals surface area contributed by atoms with Gasteiger partial charge < -0.3 is 24.6 Å². The van der Waals surface area contributed by atoms with E-state index in [1.165, 1.54) is 0 Å². The smallest absolute Gasteiger partial charge is 0.255 e. The first-order valence-corrected chi connectivity index (χ1v) is 12.9. The Labute approximate surface area is 218 Å². The van der Waals surface area contributed by atoms with Gasteiger partial charge in [-0.3, -0.25) is 9.69 Å². The van der Waals surface area contributed by atoms with Crippen molar-refractivity contribution in [3.8, 4) is 0 Å². The fourth-order valence-corrected chi connectivity index (χ4v) is 4.92. The number of anilines is 1. The molecule has 7 nitrogen and oxygen atoms in total. The number of nitrogens with one attached hydrogen (secondary N) is 1. The molecule has 0 saturated carbocycles. The zero-order valence-corrected chi connectivity index (χ0v) is 21.1. The minimum Gasteiger partial charge on any atom is -0.392 e. The van der Waals surface area contributed by atoms with Crippen LogP contribution in [-0.4, -0.2) is 54.9 Å². The van der Waals surface area contributed by atoms with Crippen LogP contribution in [0.2, 0.25) is 0 Å². The summed E-state index contributed by atoms with van der Waals surface area (Å²) in [4.78, 5) is 15.1. The highest BCUT2D eigenvalue weighted by Gasteiger charge is 2.39. The number of carbonyl (C=O) groups is 1. The van der Waals surface area contributed by atoms with Crippen molar-refractivity contribution in [1.29, 1.82) is 0 Å². The maximum Gasteiger partial charge on any atom is 0.255 e. The van der Waals surface area contributed by atoms with Crippen molar-refractivity contribution in [3.05, 3.63) is 101 Å². The number of nitrogens with zero attached hydrogens (tertiary/aromatic N) is 1. The quantitative estimate of drug-likeness (QED) is 0.493. The molecule has 0 aliphatic carbocycles. The number of morpholine rings is 1. The van der Waals surface area contributed by atoms with Crippen molar-refractivity contribution < 1.29 is 24.1 Å². The standard InChI is InChI=1S/C30H34N2O5/c1-21-27(19-32-14-16-35-17-15-32)36-30(37-28(21)23-12-10-22(20-33)11-13-23)25-8-5-9-26(18-25)31-29(34)24-6-3-2-4-7-24/h2-13,18,21,27-28,30,33H,14-17,19-20H2,1H3,(H,31,34). The Morgan fingerprint density at radius 2 is 1.70 bits per heavy atom. The average molecular weight is 503 g/mol. The summed E-state index contributed by atoms with van der Waals surface area (Å²) in [7, 11) is 0. The predicted molar refractivity (Wildman–Crippen MR) is 141 cm³/mol. The van der Waals surface area contributed by atoms with Crippen LogP contribution in [0.4, 0.5) is 5.69 Å². The lowest BCUT2D eigenvalue weighted by atomic mass is 9.90. The van der Waals surface area contributed by atoms with E-state index in [-0.39, 0.29) is 30.6 Å². The minimum absolute atomic E-state index is 0.00818. The van der Waals surface area contributed by atoms with Crippen LogP contribution in [0, 0.1) is 5.92 Å². The fraction of sp³-hybridized carbons (Fsp3) is 0.367. The van der Waals surface area contributed by atoms with Crippen molar-refractivity contribution in [2.75, 3.05) is 38.2 Å². The Morgan fingerprint density at radius 3 is 2.43 bits per heavy atom. The van der Waals surface area contributed by atoms with Crippen LogP contribution >= 0.6 is 0 Å². The van der Waals surface area contributed by atoms with Crippen molar-refractivity contribution in [3.63, 3.8) is 0 Å². The van der Waals surface area contributed by atoms with Crippen LogP contribution < -0.4 is 5.32 Å². The van der Waals surface area contributed by atoms with E-state index in [1.54, 1.807) is 12.1 Å². The number of aliphatic hydroxyl groups excluding tert-OH is 1. The molecule has 2 saturated heterocycles. The maximum atomic E-state index is 12.7. The number of ether oxygens (including phenoxy) is 3. The molecule has 2 aliphatic rings. The molecule has 2 aliphatic heterocycles. The summed E-state index contributed by atoms with van der Waals surface area (Å²) in [6, 6.07) is 24.7. The summed E-state index contributed by atoms with van der Waals surface area (Å²) >= 11 is 0. The van der Waals surface area contributed by atoms with E-state index in [0.717, 1.165) is 49.5 Å². The van der Waals surface area contributed by atoms with Gasteiger partial charge in [-0.2, -0.15) is 0 Å². The molecule has 0 aromatic heterocycles. The summed E-state index contributed by atoms with van der Waals surface area (Å²) in [6.07, 6.45) is -0.819. The van der Waals surface area contributed by atoms with Gasteiger partial charge in [-0.05, 0) is 35.4 Å². The second kappa shape index (κ2) is 12.0. The minimum atomic E-state index is -0.585. The summed E-state index contributed by atoms with van der Waals surface area (Å²) < 4.78 is 18.7. The van der Waals surface area contributed by atoms with Crippen LogP contribution in [0.3, 0.4) is 0 Å². The van der Waals surface area contributed by atoms with E-state index in [1.807, 2.05) is 66.7 Å². The van der Waals surface area contributed by atoms with Gasteiger partial charge in [-0.25, -0.2) is 0 Å². The molecule has 1 amide bonds. The Bertz CT molecular complexity index is 1160. The number of amides is 1. The third-order valence-corrected chi connectivity index (χ3v) is 7.12. The van der Waals surface area contributed by atoms with Crippen LogP contribution in [0.15, 0.2) is 78.9 Å². The third-order valence-electron chi connectivity index (χ3n) is 7.12. The molecule has 2 heterocycles. The predicted octanol–water partition coefficient (Wildman–Crippen LogP) is 4.55. The molecule has 0 radical (unpaired) electrons. The van der Waals surface area contributed by atoms with Crippen LogP contribution in [0.25, 0.3) is 0 Å². The number of hydrogen-bond acceptors (Lipinski definition) is 6. The molecular formula is C30H34N2O5. The average Bonchev–Trinajstić information content (AvgIpc) is 2.95. The zero-order valence-electron chi connectivity index (χ0n) is 21.1. The number of aliphatic hydroxyl groups is 1. The normalized spacial score (nSPS) is 24.5. The summed E-state index contributed by atoms with van der Waals surface area (Å²) in [5.41, 5.74) is 4.06. The van der Waals surface area contributed by atoms with Crippen molar-refractivity contribution >= 4 is 11.6 Å². The first kappa shape index (κ1) is 25.6. The highest BCUT2D eigenvalue weighted by molar-refractivity contribution is 6.04. The van der Waals surface area contributed by atoms with E-state index in [0.29, 0.717) is 11.3 Å². The zero-order chi connectivity index (χ0) is 25.6. The molecule has 194 valence electrons. The van der Waals surface area contributed by atoms with Crippen LogP contribution in [0.1, 0.15) is 46.4 Å². The van der Waals surface area contributed by atoms with Gasteiger partial charge in [0.2, 0.25) is 0 Å². The van der Waals surface area contributed by atoms with Gasteiger partial charge in [0.15, 0.2) is 6.29 Å².